The van der Waals surface area contributed by atoms with Crippen LogP contribution in [0.15, 0.2) is 48.5 Å². The van der Waals surface area contributed by atoms with Gasteiger partial charge in [0.2, 0.25) is 0 Å². The summed E-state index contributed by atoms with van der Waals surface area (Å²) in [6.45, 7) is 1.89. The first kappa shape index (κ1) is 17.6. The maximum atomic E-state index is 12.6. The highest BCUT2D eigenvalue weighted by Crippen LogP contribution is 2.36. The van der Waals surface area contributed by atoms with Crippen LogP contribution in [-0.4, -0.2) is 23.4 Å². The smallest absolute Gasteiger partial charge is 0.341 e. The fourth-order valence-corrected chi connectivity index (χ4v) is 3.62. The Morgan fingerprint density at radius 3 is 2.58 bits per heavy atom. The summed E-state index contributed by atoms with van der Waals surface area (Å²) in [6, 6.07) is 12.8. The first-order valence-electron chi connectivity index (χ1n) is 7.76. The van der Waals surface area contributed by atoms with Crippen molar-refractivity contribution >= 4 is 44.0 Å². The maximum absolute atomic E-state index is 12.6. The van der Waals surface area contributed by atoms with E-state index in [9.17, 15) is 19.7 Å². The fourth-order valence-electron chi connectivity index (χ4n) is 2.53. The van der Waals surface area contributed by atoms with E-state index in [2.05, 4.69) is 5.32 Å². The van der Waals surface area contributed by atoms with Gasteiger partial charge in [0.15, 0.2) is 0 Å². The Labute approximate surface area is 152 Å². The monoisotopic (exact) mass is 370 g/mol. The van der Waals surface area contributed by atoms with Gasteiger partial charge in [0.25, 0.3) is 11.6 Å². The summed E-state index contributed by atoms with van der Waals surface area (Å²) in [5.74, 6) is -1.21. The van der Waals surface area contributed by atoms with Gasteiger partial charge in [-0.1, -0.05) is 30.3 Å². The third kappa shape index (κ3) is 3.27. The lowest BCUT2D eigenvalue weighted by atomic mass is 10.1. The zero-order valence-electron chi connectivity index (χ0n) is 13.7. The van der Waals surface area contributed by atoms with Crippen molar-refractivity contribution in [3.63, 3.8) is 0 Å². The van der Waals surface area contributed by atoms with Crippen LogP contribution in [0, 0.1) is 10.1 Å². The van der Waals surface area contributed by atoms with Crippen LogP contribution >= 0.6 is 11.3 Å². The molecule has 1 aromatic heterocycles. The Kier molecular flexibility index (Phi) is 4.94. The molecule has 0 spiro atoms. The molecule has 0 bridgehead atoms. The van der Waals surface area contributed by atoms with Crippen molar-refractivity contribution in [1.29, 1.82) is 0 Å². The Morgan fingerprint density at radius 2 is 1.85 bits per heavy atom. The summed E-state index contributed by atoms with van der Waals surface area (Å²) in [5.41, 5.74) is -0.132. The molecule has 26 heavy (non-hydrogen) atoms. The fraction of sp³-hybridized carbons (Fsp3) is 0.111. The summed E-state index contributed by atoms with van der Waals surface area (Å²) in [6.07, 6.45) is 0. The van der Waals surface area contributed by atoms with Crippen molar-refractivity contribution in [3.8, 4) is 0 Å². The quantitative estimate of drug-likeness (QED) is 0.411. The third-order valence-corrected chi connectivity index (χ3v) is 4.73. The Morgan fingerprint density at radius 1 is 1.15 bits per heavy atom. The SMILES string of the molecule is CCOC(=O)c1c(NC(=O)c2ccccc2[N+](=O)[O-])sc2ccccc12. The minimum absolute atomic E-state index is 0.0789. The number of esters is 1. The lowest BCUT2D eigenvalue weighted by Gasteiger charge is -2.07. The number of hydrogen-bond acceptors (Lipinski definition) is 6. The van der Waals surface area contributed by atoms with Crippen LogP contribution in [0.4, 0.5) is 10.7 Å². The van der Waals surface area contributed by atoms with E-state index in [-0.39, 0.29) is 23.4 Å². The van der Waals surface area contributed by atoms with Gasteiger partial charge in [-0.2, -0.15) is 0 Å². The molecule has 0 saturated heterocycles. The van der Waals surface area contributed by atoms with Gasteiger partial charge in [0.1, 0.15) is 16.1 Å². The van der Waals surface area contributed by atoms with Gasteiger partial charge in [-0.25, -0.2) is 4.79 Å². The molecular weight excluding hydrogens is 356 g/mol. The van der Waals surface area contributed by atoms with Gasteiger partial charge < -0.3 is 10.1 Å². The zero-order chi connectivity index (χ0) is 18.7. The van der Waals surface area contributed by atoms with Gasteiger partial charge in [-0.05, 0) is 19.1 Å². The van der Waals surface area contributed by atoms with E-state index < -0.39 is 16.8 Å². The highest BCUT2D eigenvalue weighted by atomic mass is 32.1. The highest BCUT2D eigenvalue weighted by molar-refractivity contribution is 7.23. The number of amides is 1. The molecule has 0 aliphatic rings. The second-order valence-corrected chi connectivity index (χ2v) is 6.30. The summed E-state index contributed by atoms with van der Waals surface area (Å²) in [5, 5.41) is 14.7. The minimum Gasteiger partial charge on any atom is -0.462 e. The largest absolute Gasteiger partial charge is 0.462 e. The number of benzene rings is 2. The number of fused-ring (bicyclic) bond motifs is 1. The molecule has 0 radical (unpaired) electrons. The molecule has 0 aliphatic carbocycles. The molecule has 0 atom stereocenters. The van der Waals surface area contributed by atoms with Gasteiger partial charge >= 0.3 is 5.97 Å². The van der Waals surface area contributed by atoms with Crippen molar-refractivity contribution in [2.24, 2.45) is 0 Å². The van der Waals surface area contributed by atoms with Crippen molar-refractivity contribution in [1.82, 2.24) is 0 Å². The molecule has 3 rings (SSSR count). The van der Waals surface area contributed by atoms with Crippen LogP contribution in [0.25, 0.3) is 10.1 Å². The van der Waals surface area contributed by atoms with E-state index in [0.29, 0.717) is 10.4 Å². The molecule has 0 fully saturated rings. The average Bonchev–Trinajstić information content (AvgIpc) is 2.99. The number of thiophene rings is 1. The van der Waals surface area contributed by atoms with E-state index in [1.54, 1.807) is 25.1 Å². The van der Waals surface area contributed by atoms with E-state index in [4.69, 9.17) is 4.74 Å². The molecule has 132 valence electrons. The number of nitro benzene ring substituents is 1. The molecule has 0 unspecified atom stereocenters. The molecule has 1 N–H and O–H groups in total. The van der Waals surface area contributed by atoms with Crippen molar-refractivity contribution in [2.75, 3.05) is 11.9 Å². The van der Waals surface area contributed by atoms with Crippen LogP contribution in [0.3, 0.4) is 0 Å². The van der Waals surface area contributed by atoms with Crippen molar-refractivity contribution < 1.29 is 19.2 Å². The van der Waals surface area contributed by atoms with Gasteiger partial charge in [0.05, 0.1) is 11.5 Å². The number of rotatable bonds is 5. The lowest BCUT2D eigenvalue weighted by molar-refractivity contribution is -0.385. The Hall–Kier alpha value is -3.26. The topological polar surface area (TPSA) is 98.5 Å². The Balaban J connectivity index is 2.04. The van der Waals surface area contributed by atoms with E-state index in [1.807, 2.05) is 12.1 Å². The number of nitrogens with zero attached hydrogens (tertiary/aromatic N) is 1. The molecule has 8 heteroatoms. The number of para-hydroxylation sites is 1. The Bertz CT molecular complexity index is 1010. The van der Waals surface area contributed by atoms with E-state index in [1.165, 1.54) is 29.5 Å². The number of anilines is 1. The van der Waals surface area contributed by atoms with E-state index in [0.717, 1.165) is 4.70 Å². The third-order valence-electron chi connectivity index (χ3n) is 3.65. The lowest BCUT2D eigenvalue weighted by Crippen LogP contribution is -2.15. The van der Waals surface area contributed by atoms with Crippen LogP contribution < -0.4 is 5.32 Å². The maximum Gasteiger partial charge on any atom is 0.341 e. The first-order chi connectivity index (χ1) is 12.5. The van der Waals surface area contributed by atoms with Gasteiger partial charge in [-0.3, -0.25) is 14.9 Å². The number of nitrogens with one attached hydrogen (secondary N) is 1. The summed E-state index contributed by atoms with van der Waals surface area (Å²) in [7, 11) is 0. The highest BCUT2D eigenvalue weighted by Gasteiger charge is 2.24. The molecule has 0 aliphatic heterocycles. The molecule has 3 aromatic rings. The van der Waals surface area contributed by atoms with Gasteiger partial charge in [0, 0.05) is 16.2 Å². The number of ether oxygens (including phenoxy) is 1. The number of carbonyl (C=O) groups is 2. The second kappa shape index (κ2) is 7.32. The van der Waals surface area contributed by atoms with Crippen LogP contribution in [0.1, 0.15) is 27.6 Å². The summed E-state index contributed by atoms with van der Waals surface area (Å²) >= 11 is 1.21. The number of hydrogen-bond donors (Lipinski definition) is 1. The molecule has 0 saturated carbocycles. The predicted octanol–water partition coefficient (Wildman–Crippen LogP) is 4.24. The second-order valence-electron chi connectivity index (χ2n) is 5.25. The van der Waals surface area contributed by atoms with Crippen LogP contribution in [0.5, 0.6) is 0 Å². The van der Waals surface area contributed by atoms with Crippen LogP contribution in [-0.2, 0) is 4.74 Å². The zero-order valence-corrected chi connectivity index (χ0v) is 14.5. The molecule has 2 aromatic carbocycles. The molecule has 1 amide bonds. The van der Waals surface area contributed by atoms with E-state index >= 15 is 0 Å². The normalized spacial score (nSPS) is 10.5. The van der Waals surface area contributed by atoms with Crippen molar-refractivity contribution in [2.45, 2.75) is 6.92 Å². The predicted molar refractivity (Wildman–Crippen MR) is 98.8 cm³/mol. The first-order valence-corrected chi connectivity index (χ1v) is 8.58. The molecule has 1 heterocycles. The molecular formula is C18H14N2O5S. The van der Waals surface area contributed by atoms with Gasteiger partial charge in [-0.15, -0.1) is 11.3 Å². The minimum atomic E-state index is -0.658. The standard InChI is InChI=1S/C18H14N2O5S/c1-2-25-18(22)15-12-8-4-6-10-14(12)26-17(15)19-16(21)11-7-3-5-9-13(11)20(23)24/h3-10H,2H2,1H3,(H,19,21). The molecule has 7 nitrogen and oxygen atoms in total. The number of carbonyl (C=O) groups excluding carboxylic acids is 2. The van der Waals surface area contributed by atoms with Crippen molar-refractivity contribution in [3.05, 3.63) is 69.8 Å². The number of nitro groups is 1. The summed E-state index contributed by atoms with van der Waals surface area (Å²) in [4.78, 5) is 35.5. The summed E-state index contributed by atoms with van der Waals surface area (Å²) < 4.78 is 5.89. The average molecular weight is 370 g/mol. The van der Waals surface area contributed by atoms with Crippen LogP contribution in [0.2, 0.25) is 0 Å².